The van der Waals surface area contributed by atoms with Crippen molar-refractivity contribution < 1.29 is 0 Å². The largest absolute Gasteiger partial charge is 0.311 e. The highest BCUT2D eigenvalue weighted by atomic mass is 32.2. The van der Waals surface area contributed by atoms with E-state index in [0.29, 0.717) is 0 Å². The lowest BCUT2D eigenvalue weighted by atomic mass is 9.33. The molecule has 0 amide bonds. The Bertz CT molecular complexity index is 4440. The molecule has 1 unspecified atom stereocenters. The molecule has 13 aromatic rings. The molecule has 0 bridgehead atoms. The van der Waals surface area contributed by atoms with Gasteiger partial charge < -0.3 is 14.0 Å². The van der Waals surface area contributed by atoms with E-state index < -0.39 is 16.3 Å². The first-order valence-electron chi connectivity index (χ1n) is 23.4. The second-order valence-electron chi connectivity index (χ2n) is 19.1. The number of anilines is 3. The summed E-state index contributed by atoms with van der Waals surface area (Å²) in [5.41, 5.74) is 20.8. The molecule has 0 spiro atoms. The fourth-order valence-corrected chi connectivity index (χ4v) is 18.2. The lowest BCUT2D eigenvalue weighted by Crippen LogP contribution is -2.62. The van der Waals surface area contributed by atoms with Gasteiger partial charge in [0.2, 0.25) is 0 Å². The lowest BCUT2D eigenvalue weighted by Gasteiger charge is -2.51. The zero-order valence-corrected chi connectivity index (χ0v) is 37.5. The van der Waals surface area contributed by atoms with Crippen LogP contribution in [-0.4, -0.2) is 15.8 Å². The summed E-state index contributed by atoms with van der Waals surface area (Å²) in [6.07, 6.45) is 0. The number of aromatic nitrogens is 2. The molecule has 5 aliphatic heterocycles. The first-order chi connectivity index (χ1) is 33.3. The highest BCUT2D eigenvalue weighted by Crippen LogP contribution is 2.68. The highest BCUT2D eigenvalue weighted by molar-refractivity contribution is 8.17. The summed E-state index contributed by atoms with van der Waals surface area (Å²) < 4.78 is 8.19. The topological polar surface area (TPSA) is 13.1 Å². The molecule has 5 aliphatic rings. The predicted octanol–water partition coefficient (Wildman–Crippen LogP) is 13.7. The molecule has 6 heteroatoms. The van der Waals surface area contributed by atoms with Crippen molar-refractivity contribution in [2.24, 2.45) is 0 Å². The Labute approximate surface area is 391 Å². The molecule has 308 valence electrons. The molecule has 0 N–H and O–H groups in total. The average molecular weight is 884 g/mol. The zero-order chi connectivity index (χ0) is 43.0. The molecule has 0 saturated heterocycles. The third-order valence-corrected chi connectivity index (χ3v) is 20.1. The van der Waals surface area contributed by atoms with Crippen molar-refractivity contribution in [3.8, 4) is 11.4 Å². The van der Waals surface area contributed by atoms with Gasteiger partial charge in [0.05, 0.1) is 44.5 Å². The van der Waals surface area contributed by atoms with Crippen LogP contribution < -0.4 is 21.3 Å². The van der Waals surface area contributed by atoms with E-state index in [1.807, 2.05) is 11.3 Å². The van der Waals surface area contributed by atoms with Crippen LogP contribution in [0.1, 0.15) is 22.3 Å². The molecule has 0 fully saturated rings. The molecule has 3 nitrogen and oxygen atoms in total. The normalized spacial score (nSPS) is 16.5. The van der Waals surface area contributed by atoms with Crippen molar-refractivity contribution in [3.63, 3.8) is 0 Å². The van der Waals surface area contributed by atoms with Crippen LogP contribution in [0.15, 0.2) is 215 Å². The van der Waals surface area contributed by atoms with Gasteiger partial charge >= 0.3 is 0 Å². The van der Waals surface area contributed by atoms with Gasteiger partial charge in [-0.05, 0) is 75.0 Å². The van der Waals surface area contributed by atoms with Gasteiger partial charge in [0.1, 0.15) is 0 Å². The number of hydrogen-bond acceptors (Lipinski definition) is 2. The number of rotatable bonds is 2. The molecule has 67 heavy (non-hydrogen) atoms. The number of thiophene rings is 1. The van der Waals surface area contributed by atoms with Crippen molar-refractivity contribution in [1.29, 1.82) is 0 Å². The molecule has 10 aromatic carbocycles. The van der Waals surface area contributed by atoms with E-state index in [9.17, 15) is 0 Å². The van der Waals surface area contributed by atoms with E-state index in [2.05, 4.69) is 214 Å². The van der Waals surface area contributed by atoms with E-state index in [4.69, 9.17) is 0 Å². The van der Waals surface area contributed by atoms with Gasteiger partial charge in [-0.3, -0.25) is 0 Å². The summed E-state index contributed by atoms with van der Waals surface area (Å²) in [6, 6.07) is 77.2. The molecule has 0 radical (unpaired) electrons. The molecule has 0 aliphatic carbocycles. The maximum atomic E-state index is 2.78. The van der Waals surface area contributed by atoms with Crippen LogP contribution >= 0.6 is 22.2 Å². The first-order valence-corrected chi connectivity index (χ1v) is 25.6. The maximum Gasteiger partial charge on any atom is 0.252 e. The molecule has 3 aromatic heterocycles. The van der Waals surface area contributed by atoms with Crippen molar-refractivity contribution >= 4 is 126 Å². The molecular weight excluding hydrogens is 850 g/mol. The van der Waals surface area contributed by atoms with Crippen LogP contribution in [0.4, 0.5) is 17.1 Å². The summed E-state index contributed by atoms with van der Waals surface area (Å²) in [5, 5.41) is 8.16. The third-order valence-electron chi connectivity index (χ3n) is 16.3. The molecular formula is C61H34BN3S2. The second-order valence-corrected chi connectivity index (χ2v) is 22.2. The average Bonchev–Trinajstić information content (AvgIpc) is 4.06. The molecule has 8 heterocycles. The van der Waals surface area contributed by atoms with Crippen LogP contribution in [-0.2, 0) is 5.41 Å². The summed E-state index contributed by atoms with van der Waals surface area (Å²) in [4.78, 5) is 7.13. The lowest BCUT2D eigenvalue weighted by molar-refractivity contribution is 0.732. The maximum absolute atomic E-state index is 2.78. The number of para-hydroxylation sites is 5. The fourth-order valence-electron chi connectivity index (χ4n) is 14.1. The minimum atomic E-state index is -0.929. The monoisotopic (exact) mass is 883 g/mol. The quantitative estimate of drug-likeness (QED) is 0.135. The Morgan fingerprint density at radius 1 is 0.448 bits per heavy atom. The summed E-state index contributed by atoms with van der Waals surface area (Å²) in [6.45, 7) is -0.00428. The number of hydrogen-bond donors (Lipinski definition) is 1. The van der Waals surface area contributed by atoms with E-state index in [1.54, 1.807) is 0 Å². The Balaban J connectivity index is 1.10. The van der Waals surface area contributed by atoms with Crippen molar-refractivity contribution in [2.45, 2.75) is 20.1 Å². The van der Waals surface area contributed by atoms with Crippen LogP contribution in [0.5, 0.6) is 0 Å². The van der Waals surface area contributed by atoms with Crippen LogP contribution in [0, 0.1) is 0 Å². The zero-order valence-electron chi connectivity index (χ0n) is 35.8. The van der Waals surface area contributed by atoms with Gasteiger partial charge in [0.25, 0.3) is 6.71 Å². The Kier molecular flexibility index (Phi) is 5.98. The summed E-state index contributed by atoms with van der Waals surface area (Å²) in [5.74, 6) is 0. The Hall–Kier alpha value is -7.77. The SMILES string of the molecule is c1ccc(C2(c3ccccc3)c3ccccc3N3c4cc5c6c7c4B(c4cccc2c43)c2cc3c4ccccc4sc3c3c4cccc(c4n-7c23)[SH]6c2cccc3c4ccccc4n-5c23)cc1. The molecule has 18 rings (SSSR count). The van der Waals surface area contributed by atoms with Crippen LogP contribution in [0.2, 0.25) is 0 Å². The van der Waals surface area contributed by atoms with Gasteiger partial charge in [-0.25, -0.2) is 0 Å². The minimum absolute atomic E-state index is 0.00428. The smallest absolute Gasteiger partial charge is 0.252 e. The fraction of sp³-hybridized carbons (Fsp3) is 0.0164. The van der Waals surface area contributed by atoms with Gasteiger partial charge in [0, 0.05) is 67.8 Å². The summed E-state index contributed by atoms with van der Waals surface area (Å²) >= 11 is 1.97. The molecule has 0 saturated carbocycles. The number of thiol groups is 1. The van der Waals surface area contributed by atoms with Crippen molar-refractivity contribution in [3.05, 3.63) is 222 Å². The van der Waals surface area contributed by atoms with E-state index in [1.165, 1.54) is 146 Å². The Morgan fingerprint density at radius 2 is 1.10 bits per heavy atom. The van der Waals surface area contributed by atoms with Crippen LogP contribution in [0.3, 0.4) is 0 Å². The Morgan fingerprint density at radius 3 is 1.93 bits per heavy atom. The van der Waals surface area contributed by atoms with Crippen molar-refractivity contribution in [1.82, 2.24) is 9.13 Å². The van der Waals surface area contributed by atoms with Gasteiger partial charge in [-0.1, -0.05) is 164 Å². The van der Waals surface area contributed by atoms with E-state index in [-0.39, 0.29) is 6.71 Å². The molecule has 1 atom stereocenters. The number of fused-ring (bicyclic) bond motifs is 16. The predicted molar refractivity (Wildman–Crippen MR) is 283 cm³/mol. The highest BCUT2D eigenvalue weighted by Gasteiger charge is 2.54. The van der Waals surface area contributed by atoms with E-state index in [0.717, 1.165) is 0 Å². The third kappa shape index (κ3) is 3.70. The van der Waals surface area contributed by atoms with E-state index >= 15 is 0 Å². The first kappa shape index (κ1) is 34.6. The van der Waals surface area contributed by atoms with Gasteiger partial charge in [0.15, 0.2) is 0 Å². The summed E-state index contributed by atoms with van der Waals surface area (Å²) in [7, 11) is -0.929. The van der Waals surface area contributed by atoms with Crippen molar-refractivity contribution in [2.75, 3.05) is 4.90 Å². The minimum Gasteiger partial charge on any atom is -0.311 e. The number of benzene rings is 10. The van der Waals surface area contributed by atoms with Crippen LogP contribution in [0.25, 0.3) is 75.2 Å². The number of nitrogens with zero attached hydrogens (tertiary/aromatic N) is 3. The second kappa shape index (κ2) is 11.6. The van der Waals surface area contributed by atoms with Gasteiger partial charge in [-0.2, -0.15) is 10.9 Å². The standard InChI is InChI=1S/C61H34BN3S2/c1-3-16-34(17-4-1)61(35-18-5-2-6-19-35)41-24-9-11-28-46(41)64-47-33-48-60-58-53(47)62(43-26-15-25-42(61)56(43)64)44-32-40-37-21-8-12-29-49(37)66-59(40)52-39-23-14-31-51(55(39)65(58)57(44)52)67(60)50-30-13-22-38-36-20-7-10-27-45(36)63(48)54(38)50/h1-33,67H. The van der Waals surface area contributed by atoms with Gasteiger partial charge in [-0.15, -0.1) is 11.3 Å².